The second-order valence-corrected chi connectivity index (χ2v) is 4.40. The van der Waals surface area contributed by atoms with Gasteiger partial charge in [-0.1, -0.05) is 29.8 Å². The summed E-state index contributed by atoms with van der Waals surface area (Å²) in [5.41, 5.74) is 0.590. The summed E-state index contributed by atoms with van der Waals surface area (Å²) in [6.07, 6.45) is 5.40. The van der Waals surface area contributed by atoms with Crippen LogP contribution in [0.5, 0.6) is 0 Å². The van der Waals surface area contributed by atoms with Crippen LogP contribution in [0.2, 0.25) is 5.02 Å². The van der Waals surface area contributed by atoms with Crippen molar-refractivity contribution in [1.82, 2.24) is 0 Å². The van der Waals surface area contributed by atoms with Crippen molar-refractivity contribution in [2.75, 3.05) is 5.32 Å². The van der Waals surface area contributed by atoms with Gasteiger partial charge < -0.3 is 10.1 Å². The van der Waals surface area contributed by atoms with Gasteiger partial charge in [-0.05, 0) is 38.1 Å². The molecule has 0 aliphatic rings. The molecule has 1 aromatic carbocycles. The van der Waals surface area contributed by atoms with Crippen LogP contribution in [0.4, 0.5) is 5.69 Å². The molecule has 106 valence electrons. The number of carbonyl (C=O) groups excluding carboxylic acids is 2. The standard InChI is InChI=1S/C15H16ClNO3/c1-3-4-5-6-14(18)20-11(2)15(19)17-13-9-7-12(16)8-10-13/h3-11H,1-2H3,(H,17,19)/b4-3+,6-5+/t11-/m0/s1. The number of hydrogen-bond donors (Lipinski definition) is 1. The molecule has 1 atom stereocenters. The van der Waals surface area contributed by atoms with Crippen LogP contribution in [-0.4, -0.2) is 18.0 Å². The van der Waals surface area contributed by atoms with Crippen molar-refractivity contribution in [2.24, 2.45) is 0 Å². The van der Waals surface area contributed by atoms with Crippen molar-refractivity contribution in [3.05, 3.63) is 53.6 Å². The summed E-state index contributed by atoms with van der Waals surface area (Å²) in [6, 6.07) is 6.66. The van der Waals surface area contributed by atoms with Gasteiger partial charge >= 0.3 is 5.97 Å². The molecule has 0 fully saturated rings. The van der Waals surface area contributed by atoms with Crippen molar-refractivity contribution in [3.8, 4) is 0 Å². The molecular formula is C15H16ClNO3. The fraction of sp³-hybridized carbons (Fsp3) is 0.200. The van der Waals surface area contributed by atoms with Crippen LogP contribution in [0.25, 0.3) is 0 Å². The molecule has 1 N–H and O–H groups in total. The Labute approximate surface area is 123 Å². The van der Waals surface area contributed by atoms with Crippen molar-refractivity contribution >= 4 is 29.2 Å². The highest BCUT2D eigenvalue weighted by Crippen LogP contribution is 2.13. The van der Waals surface area contributed by atoms with Gasteiger partial charge in [0.2, 0.25) is 0 Å². The molecule has 0 aliphatic carbocycles. The third kappa shape index (κ3) is 5.71. The number of allylic oxidation sites excluding steroid dienone is 3. The summed E-state index contributed by atoms with van der Waals surface area (Å²) in [5.74, 6) is -0.970. The fourth-order valence-corrected chi connectivity index (χ4v) is 1.42. The molecular weight excluding hydrogens is 278 g/mol. The number of carbonyl (C=O) groups is 2. The molecule has 0 saturated heterocycles. The van der Waals surface area contributed by atoms with Crippen LogP contribution in [-0.2, 0) is 14.3 Å². The zero-order valence-electron chi connectivity index (χ0n) is 11.3. The van der Waals surface area contributed by atoms with Gasteiger partial charge in [0, 0.05) is 16.8 Å². The summed E-state index contributed by atoms with van der Waals surface area (Å²) in [7, 11) is 0. The molecule has 20 heavy (non-hydrogen) atoms. The number of amides is 1. The summed E-state index contributed by atoms with van der Waals surface area (Å²) in [5, 5.41) is 3.21. The molecule has 5 heteroatoms. The normalized spacial score (nSPS) is 12.6. The monoisotopic (exact) mass is 293 g/mol. The highest BCUT2D eigenvalue weighted by Gasteiger charge is 2.16. The Kier molecular flexibility index (Phi) is 6.53. The number of halogens is 1. The maximum absolute atomic E-state index is 11.8. The molecule has 0 heterocycles. The van der Waals surface area contributed by atoms with E-state index in [1.165, 1.54) is 13.0 Å². The predicted molar refractivity (Wildman–Crippen MR) is 79.6 cm³/mol. The van der Waals surface area contributed by atoms with E-state index in [1.54, 1.807) is 42.5 Å². The molecule has 1 aromatic rings. The number of rotatable bonds is 5. The average molecular weight is 294 g/mol. The van der Waals surface area contributed by atoms with Gasteiger partial charge in [0.15, 0.2) is 6.10 Å². The quantitative estimate of drug-likeness (QED) is 0.514. The van der Waals surface area contributed by atoms with Gasteiger partial charge in [0.1, 0.15) is 0 Å². The van der Waals surface area contributed by atoms with E-state index in [9.17, 15) is 9.59 Å². The molecule has 0 saturated carbocycles. The Morgan fingerprint density at radius 1 is 1.25 bits per heavy atom. The fourth-order valence-electron chi connectivity index (χ4n) is 1.29. The minimum atomic E-state index is -0.881. The zero-order chi connectivity index (χ0) is 15.0. The first-order valence-electron chi connectivity index (χ1n) is 6.09. The van der Waals surface area contributed by atoms with Gasteiger partial charge in [-0.25, -0.2) is 4.79 Å². The Morgan fingerprint density at radius 2 is 1.90 bits per heavy atom. The van der Waals surface area contributed by atoms with Crippen LogP contribution in [0.1, 0.15) is 13.8 Å². The highest BCUT2D eigenvalue weighted by molar-refractivity contribution is 6.30. The lowest BCUT2D eigenvalue weighted by Crippen LogP contribution is -2.29. The molecule has 0 bridgehead atoms. The number of esters is 1. The summed E-state index contributed by atoms with van der Waals surface area (Å²) in [4.78, 5) is 23.2. The SMILES string of the molecule is C/C=C/C=C/C(=O)O[C@@H](C)C(=O)Nc1ccc(Cl)cc1. The van der Waals surface area contributed by atoms with Crippen LogP contribution in [0, 0.1) is 0 Å². The number of anilines is 1. The molecule has 0 radical (unpaired) electrons. The van der Waals surface area contributed by atoms with E-state index in [4.69, 9.17) is 16.3 Å². The first-order valence-corrected chi connectivity index (χ1v) is 6.47. The van der Waals surface area contributed by atoms with Crippen molar-refractivity contribution in [2.45, 2.75) is 20.0 Å². The zero-order valence-corrected chi connectivity index (χ0v) is 12.1. The Balaban J connectivity index is 2.50. The molecule has 4 nitrogen and oxygen atoms in total. The van der Waals surface area contributed by atoms with Gasteiger partial charge in [-0.15, -0.1) is 0 Å². The summed E-state index contributed by atoms with van der Waals surface area (Å²) in [6.45, 7) is 3.34. The van der Waals surface area contributed by atoms with Gasteiger partial charge in [-0.3, -0.25) is 4.79 Å². The van der Waals surface area contributed by atoms with E-state index in [1.807, 2.05) is 6.92 Å². The van der Waals surface area contributed by atoms with Crippen LogP contribution < -0.4 is 5.32 Å². The number of ether oxygens (including phenoxy) is 1. The first kappa shape index (κ1) is 16.0. The van der Waals surface area contributed by atoms with Crippen molar-refractivity contribution < 1.29 is 14.3 Å². The third-order valence-corrected chi connectivity index (χ3v) is 2.56. The van der Waals surface area contributed by atoms with E-state index >= 15 is 0 Å². The van der Waals surface area contributed by atoms with Crippen molar-refractivity contribution in [1.29, 1.82) is 0 Å². The van der Waals surface area contributed by atoms with Crippen LogP contribution in [0.15, 0.2) is 48.6 Å². The number of hydrogen-bond acceptors (Lipinski definition) is 3. The lowest BCUT2D eigenvalue weighted by molar-refractivity contribution is -0.148. The predicted octanol–water partition coefficient (Wildman–Crippen LogP) is 3.34. The maximum atomic E-state index is 11.8. The van der Waals surface area contributed by atoms with E-state index in [-0.39, 0.29) is 0 Å². The second-order valence-electron chi connectivity index (χ2n) is 3.96. The van der Waals surface area contributed by atoms with E-state index < -0.39 is 18.0 Å². The molecule has 1 rings (SSSR count). The van der Waals surface area contributed by atoms with Gasteiger partial charge in [-0.2, -0.15) is 0 Å². The molecule has 0 unspecified atom stereocenters. The smallest absolute Gasteiger partial charge is 0.331 e. The molecule has 0 aromatic heterocycles. The lowest BCUT2D eigenvalue weighted by Gasteiger charge is -2.12. The minimum Gasteiger partial charge on any atom is -0.449 e. The summed E-state index contributed by atoms with van der Waals surface area (Å²) < 4.78 is 4.96. The average Bonchev–Trinajstić information content (AvgIpc) is 2.41. The van der Waals surface area contributed by atoms with Crippen LogP contribution >= 0.6 is 11.6 Å². The molecule has 1 amide bonds. The third-order valence-electron chi connectivity index (χ3n) is 2.31. The largest absolute Gasteiger partial charge is 0.449 e. The van der Waals surface area contributed by atoms with Gasteiger partial charge in [0.05, 0.1) is 0 Å². The highest BCUT2D eigenvalue weighted by atomic mass is 35.5. The van der Waals surface area contributed by atoms with Crippen molar-refractivity contribution in [3.63, 3.8) is 0 Å². The number of nitrogens with one attached hydrogen (secondary N) is 1. The number of benzene rings is 1. The minimum absolute atomic E-state index is 0.403. The summed E-state index contributed by atoms with van der Waals surface area (Å²) >= 11 is 5.74. The Morgan fingerprint density at radius 3 is 2.50 bits per heavy atom. The lowest BCUT2D eigenvalue weighted by atomic mass is 10.3. The van der Waals surface area contributed by atoms with E-state index in [0.29, 0.717) is 10.7 Å². The molecule has 0 spiro atoms. The van der Waals surface area contributed by atoms with E-state index in [0.717, 1.165) is 0 Å². The molecule has 0 aliphatic heterocycles. The Hall–Kier alpha value is -2.07. The topological polar surface area (TPSA) is 55.4 Å². The maximum Gasteiger partial charge on any atom is 0.331 e. The van der Waals surface area contributed by atoms with E-state index in [2.05, 4.69) is 5.32 Å². The second kappa shape index (κ2) is 8.17. The van der Waals surface area contributed by atoms with Crippen LogP contribution in [0.3, 0.4) is 0 Å². The Bertz CT molecular complexity index is 520. The first-order chi connectivity index (χ1) is 9.52. The van der Waals surface area contributed by atoms with Gasteiger partial charge in [0.25, 0.3) is 5.91 Å².